The van der Waals surface area contributed by atoms with Crippen LogP contribution in [-0.2, 0) is 0 Å². The number of hydrogen-bond donors (Lipinski definition) is 2. The summed E-state index contributed by atoms with van der Waals surface area (Å²) in [5.41, 5.74) is 4.91. The second-order valence-corrected chi connectivity index (χ2v) is 3.50. The van der Waals surface area contributed by atoms with Crippen molar-refractivity contribution < 1.29 is 5.11 Å². The van der Waals surface area contributed by atoms with Gasteiger partial charge in [-0.2, -0.15) is 0 Å². The molecule has 2 bridgehead atoms. The Morgan fingerprint density at radius 1 is 1.60 bits per heavy atom. The normalized spacial score (nSPS) is 50.6. The highest BCUT2D eigenvalue weighted by molar-refractivity contribution is 5.16. The van der Waals surface area contributed by atoms with E-state index < -0.39 is 5.60 Å². The molecule has 10 heavy (non-hydrogen) atoms. The molecule has 0 radical (unpaired) electrons. The number of nitrogens with two attached hydrogens (primary N) is 1. The van der Waals surface area contributed by atoms with Gasteiger partial charge in [0.1, 0.15) is 0 Å². The Labute approximate surface area is 60.7 Å². The van der Waals surface area contributed by atoms with Gasteiger partial charge in [-0.3, -0.25) is 0 Å². The molecule has 3 atom stereocenters. The van der Waals surface area contributed by atoms with Gasteiger partial charge < -0.3 is 10.8 Å². The number of rotatable bonds is 1. The van der Waals surface area contributed by atoms with Gasteiger partial charge in [0, 0.05) is 12.5 Å². The minimum atomic E-state index is -0.556. The van der Waals surface area contributed by atoms with Gasteiger partial charge in [0.15, 0.2) is 0 Å². The van der Waals surface area contributed by atoms with Crippen LogP contribution in [0.1, 0.15) is 12.8 Å². The van der Waals surface area contributed by atoms with Crippen molar-refractivity contribution in [1.29, 1.82) is 0 Å². The fraction of sp³-hybridized carbons (Fsp3) is 0.750. The minimum Gasteiger partial charge on any atom is -0.388 e. The lowest BCUT2D eigenvalue weighted by Crippen LogP contribution is -2.41. The van der Waals surface area contributed by atoms with Crippen LogP contribution in [0.25, 0.3) is 0 Å². The fourth-order valence-corrected chi connectivity index (χ4v) is 2.16. The zero-order valence-electron chi connectivity index (χ0n) is 5.96. The minimum absolute atomic E-state index is 0.350. The Kier molecular flexibility index (Phi) is 1.17. The molecule has 0 aliphatic heterocycles. The fourth-order valence-electron chi connectivity index (χ4n) is 2.16. The standard InChI is InChI=1S/C8H13NO/c9-5-8(10)4-6-1-2-7(8)3-6/h1-2,6-7,10H,3-5,9H2. The van der Waals surface area contributed by atoms with E-state index in [2.05, 4.69) is 12.2 Å². The SMILES string of the molecule is NCC1(O)CC2C=CC1C2. The molecule has 0 aromatic rings. The lowest BCUT2D eigenvalue weighted by Gasteiger charge is -2.27. The first kappa shape index (κ1) is 6.38. The third kappa shape index (κ3) is 0.662. The summed E-state index contributed by atoms with van der Waals surface area (Å²) in [6, 6.07) is 0. The maximum absolute atomic E-state index is 9.81. The van der Waals surface area contributed by atoms with Crippen LogP contribution in [0, 0.1) is 11.8 Å². The summed E-state index contributed by atoms with van der Waals surface area (Å²) in [7, 11) is 0. The highest BCUT2D eigenvalue weighted by Crippen LogP contribution is 2.45. The van der Waals surface area contributed by atoms with Crippen LogP contribution >= 0.6 is 0 Å². The molecule has 2 aliphatic carbocycles. The van der Waals surface area contributed by atoms with E-state index in [9.17, 15) is 5.11 Å². The molecule has 3 unspecified atom stereocenters. The summed E-state index contributed by atoms with van der Waals surface area (Å²) in [6.45, 7) is 0.415. The smallest absolute Gasteiger partial charge is 0.0837 e. The van der Waals surface area contributed by atoms with E-state index >= 15 is 0 Å². The molecule has 0 aromatic heterocycles. The summed E-state index contributed by atoms with van der Waals surface area (Å²) < 4.78 is 0. The monoisotopic (exact) mass is 139 g/mol. The molecule has 1 fully saturated rings. The van der Waals surface area contributed by atoms with Crippen molar-refractivity contribution in [2.24, 2.45) is 17.6 Å². The molecule has 2 aliphatic rings. The van der Waals surface area contributed by atoms with Gasteiger partial charge >= 0.3 is 0 Å². The Bertz CT molecular complexity index is 178. The van der Waals surface area contributed by atoms with Crippen LogP contribution in [0.4, 0.5) is 0 Å². The summed E-state index contributed by atoms with van der Waals surface area (Å²) >= 11 is 0. The van der Waals surface area contributed by atoms with E-state index in [1.165, 1.54) is 0 Å². The average Bonchev–Trinajstić information content (AvgIpc) is 2.46. The lowest BCUT2D eigenvalue weighted by atomic mass is 9.89. The molecule has 0 spiro atoms. The van der Waals surface area contributed by atoms with E-state index in [0.29, 0.717) is 18.4 Å². The predicted octanol–water partition coefficient (Wildman–Crippen LogP) is 0.272. The molecule has 56 valence electrons. The number of aliphatic hydroxyl groups is 1. The van der Waals surface area contributed by atoms with Crippen LogP contribution in [0.3, 0.4) is 0 Å². The average molecular weight is 139 g/mol. The van der Waals surface area contributed by atoms with Gasteiger partial charge in [-0.25, -0.2) is 0 Å². The van der Waals surface area contributed by atoms with Crippen LogP contribution in [0.2, 0.25) is 0 Å². The largest absolute Gasteiger partial charge is 0.388 e. The maximum Gasteiger partial charge on any atom is 0.0837 e. The third-order valence-corrected chi connectivity index (χ3v) is 2.83. The highest BCUT2D eigenvalue weighted by Gasteiger charge is 2.45. The van der Waals surface area contributed by atoms with Crippen molar-refractivity contribution in [2.45, 2.75) is 18.4 Å². The van der Waals surface area contributed by atoms with E-state index in [0.717, 1.165) is 12.8 Å². The van der Waals surface area contributed by atoms with Gasteiger partial charge in [-0.15, -0.1) is 0 Å². The Morgan fingerprint density at radius 2 is 2.40 bits per heavy atom. The Balaban J connectivity index is 2.22. The van der Waals surface area contributed by atoms with Crippen molar-refractivity contribution in [1.82, 2.24) is 0 Å². The maximum atomic E-state index is 9.81. The predicted molar refractivity (Wildman–Crippen MR) is 39.4 cm³/mol. The topological polar surface area (TPSA) is 46.2 Å². The number of allylic oxidation sites excluding steroid dienone is 1. The first-order valence-corrected chi connectivity index (χ1v) is 3.85. The second kappa shape index (κ2) is 1.83. The zero-order valence-corrected chi connectivity index (χ0v) is 5.96. The third-order valence-electron chi connectivity index (χ3n) is 2.83. The molecule has 0 heterocycles. The van der Waals surface area contributed by atoms with E-state index in [1.807, 2.05) is 0 Å². The van der Waals surface area contributed by atoms with E-state index in [-0.39, 0.29) is 0 Å². The van der Waals surface area contributed by atoms with Crippen molar-refractivity contribution in [3.63, 3.8) is 0 Å². The summed E-state index contributed by atoms with van der Waals surface area (Å²) in [5, 5.41) is 9.81. The van der Waals surface area contributed by atoms with Gasteiger partial charge in [0.25, 0.3) is 0 Å². The van der Waals surface area contributed by atoms with Crippen molar-refractivity contribution in [2.75, 3.05) is 6.54 Å². The van der Waals surface area contributed by atoms with E-state index in [4.69, 9.17) is 5.73 Å². The van der Waals surface area contributed by atoms with Crippen molar-refractivity contribution in [3.05, 3.63) is 12.2 Å². The summed E-state index contributed by atoms with van der Waals surface area (Å²) in [4.78, 5) is 0. The molecule has 0 amide bonds. The van der Waals surface area contributed by atoms with Gasteiger partial charge in [-0.05, 0) is 18.8 Å². The molecular formula is C8H13NO. The first-order chi connectivity index (χ1) is 4.74. The van der Waals surface area contributed by atoms with Crippen molar-refractivity contribution in [3.8, 4) is 0 Å². The number of hydrogen-bond acceptors (Lipinski definition) is 2. The Hall–Kier alpha value is -0.340. The Morgan fingerprint density at radius 3 is 2.70 bits per heavy atom. The first-order valence-electron chi connectivity index (χ1n) is 3.85. The van der Waals surface area contributed by atoms with Crippen LogP contribution in [0.5, 0.6) is 0 Å². The summed E-state index contributed by atoms with van der Waals surface area (Å²) in [6.07, 6.45) is 6.31. The van der Waals surface area contributed by atoms with Crippen LogP contribution in [0.15, 0.2) is 12.2 Å². The molecule has 1 saturated carbocycles. The van der Waals surface area contributed by atoms with Crippen LogP contribution in [-0.4, -0.2) is 17.3 Å². The molecule has 2 heteroatoms. The molecule has 2 rings (SSSR count). The quantitative estimate of drug-likeness (QED) is 0.512. The second-order valence-electron chi connectivity index (χ2n) is 3.50. The van der Waals surface area contributed by atoms with Gasteiger partial charge in [0.05, 0.1) is 5.60 Å². The van der Waals surface area contributed by atoms with Crippen molar-refractivity contribution >= 4 is 0 Å². The zero-order chi connectivity index (χ0) is 7.19. The highest BCUT2D eigenvalue weighted by atomic mass is 16.3. The molecule has 0 saturated heterocycles. The van der Waals surface area contributed by atoms with Gasteiger partial charge in [0.2, 0.25) is 0 Å². The van der Waals surface area contributed by atoms with E-state index in [1.54, 1.807) is 0 Å². The molecule has 0 aromatic carbocycles. The van der Waals surface area contributed by atoms with Gasteiger partial charge in [-0.1, -0.05) is 12.2 Å². The summed E-state index contributed by atoms with van der Waals surface area (Å²) in [5.74, 6) is 0.959. The molecule has 3 N–H and O–H groups in total. The molecular weight excluding hydrogens is 126 g/mol. The number of fused-ring (bicyclic) bond motifs is 2. The van der Waals surface area contributed by atoms with Crippen LogP contribution < -0.4 is 5.73 Å². The molecule has 2 nitrogen and oxygen atoms in total. The lowest BCUT2D eigenvalue weighted by molar-refractivity contribution is 0.0240.